The molecule has 0 saturated carbocycles. The SMILES string of the molecule is CC(N)CC(=O)N1CCCC(c2nc3ccccc3n2C(C)C)C1.Cl.Cl. The number of carbonyl (C=O) groups is 1. The number of hydrogen-bond acceptors (Lipinski definition) is 3. The third kappa shape index (κ3) is 4.70. The summed E-state index contributed by atoms with van der Waals surface area (Å²) in [5.41, 5.74) is 8.02. The molecular formula is C19H30Cl2N4O. The molecule has 1 aliphatic rings. The van der Waals surface area contributed by atoms with Crippen molar-refractivity contribution in [3.05, 3.63) is 30.1 Å². The maximum absolute atomic E-state index is 12.4. The smallest absolute Gasteiger partial charge is 0.224 e. The van der Waals surface area contributed by atoms with E-state index in [9.17, 15) is 4.79 Å². The minimum Gasteiger partial charge on any atom is -0.342 e. The van der Waals surface area contributed by atoms with Gasteiger partial charge in [0.05, 0.1) is 11.0 Å². The molecule has 1 aliphatic heterocycles. The predicted molar refractivity (Wildman–Crippen MR) is 111 cm³/mol. The minimum atomic E-state index is -0.0851. The zero-order valence-electron chi connectivity index (χ0n) is 15.7. The summed E-state index contributed by atoms with van der Waals surface area (Å²) in [7, 11) is 0. The fourth-order valence-corrected chi connectivity index (χ4v) is 3.71. The number of likely N-dealkylation sites (tertiary alicyclic amines) is 1. The first kappa shape index (κ1) is 22.7. The van der Waals surface area contributed by atoms with E-state index in [-0.39, 0.29) is 36.8 Å². The van der Waals surface area contributed by atoms with Crippen LogP contribution in [-0.4, -0.2) is 39.5 Å². The van der Waals surface area contributed by atoms with Gasteiger partial charge in [-0.2, -0.15) is 0 Å². The van der Waals surface area contributed by atoms with Crippen molar-refractivity contribution in [1.29, 1.82) is 0 Å². The third-order valence-electron chi connectivity index (χ3n) is 4.78. The number of fused-ring (bicyclic) bond motifs is 1. The van der Waals surface area contributed by atoms with Crippen LogP contribution in [0.5, 0.6) is 0 Å². The van der Waals surface area contributed by atoms with Crippen molar-refractivity contribution in [1.82, 2.24) is 14.5 Å². The van der Waals surface area contributed by atoms with Gasteiger partial charge in [-0.3, -0.25) is 4.79 Å². The largest absolute Gasteiger partial charge is 0.342 e. The summed E-state index contributed by atoms with van der Waals surface area (Å²) >= 11 is 0. The predicted octanol–water partition coefficient (Wildman–Crippen LogP) is 3.90. The Hall–Kier alpha value is -1.30. The van der Waals surface area contributed by atoms with Crippen LogP contribution in [0.15, 0.2) is 24.3 Å². The average Bonchev–Trinajstić information content (AvgIpc) is 2.94. The number of hydrogen-bond donors (Lipinski definition) is 1. The van der Waals surface area contributed by atoms with Gasteiger partial charge in [0, 0.05) is 37.5 Å². The van der Waals surface area contributed by atoms with Gasteiger partial charge in [-0.15, -0.1) is 24.8 Å². The van der Waals surface area contributed by atoms with Crippen molar-refractivity contribution in [2.75, 3.05) is 13.1 Å². The van der Waals surface area contributed by atoms with Gasteiger partial charge in [0.1, 0.15) is 5.82 Å². The molecule has 0 spiro atoms. The van der Waals surface area contributed by atoms with E-state index in [0.717, 1.165) is 37.3 Å². The number of imidazole rings is 1. The molecule has 0 aliphatic carbocycles. The lowest BCUT2D eigenvalue weighted by atomic mass is 9.96. The van der Waals surface area contributed by atoms with E-state index in [1.807, 2.05) is 17.9 Å². The molecule has 0 radical (unpaired) electrons. The van der Waals surface area contributed by atoms with Crippen molar-refractivity contribution in [2.24, 2.45) is 5.73 Å². The van der Waals surface area contributed by atoms with Crippen LogP contribution in [-0.2, 0) is 4.79 Å². The molecule has 5 nitrogen and oxygen atoms in total. The lowest BCUT2D eigenvalue weighted by molar-refractivity contribution is -0.132. The van der Waals surface area contributed by atoms with Crippen LogP contribution < -0.4 is 5.73 Å². The van der Waals surface area contributed by atoms with E-state index in [4.69, 9.17) is 10.7 Å². The molecule has 7 heteroatoms. The lowest BCUT2D eigenvalue weighted by Crippen LogP contribution is -2.41. The van der Waals surface area contributed by atoms with Crippen LogP contribution >= 0.6 is 24.8 Å². The Morgan fingerprint density at radius 1 is 1.27 bits per heavy atom. The summed E-state index contributed by atoms with van der Waals surface area (Å²) in [6, 6.07) is 8.56. The highest BCUT2D eigenvalue weighted by Gasteiger charge is 2.29. The number of amides is 1. The molecule has 1 aromatic carbocycles. The van der Waals surface area contributed by atoms with E-state index in [1.165, 1.54) is 5.52 Å². The second-order valence-electron chi connectivity index (χ2n) is 7.28. The van der Waals surface area contributed by atoms with Crippen LogP contribution in [0.1, 0.15) is 57.8 Å². The Balaban J connectivity index is 0.00000169. The molecule has 146 valence electrons. The zero-order valence-corrected chi connectivity index (χ0v) is 17.4. The Morgan fingerprint density at radius 2 is 1.96 bits per heavy atom. The summed E-state index contributed by atoms with van der Waals surface area (Å²) in [5.74, 6) is 1.58. The highest BCUT2D eigenvalue weighted by molar-refractivity contribution is 5.85. The Kier molecular flexibility index (Phi) is 8.38. The van der Waals surface area contributed by atoms with Crippen molar-refractivity contribution >= 4 is 41.8 Å². The number of benzene rings is 1. The van der Waals surface area contributed by atoms with Crippen molar-refractivity contribution in [2.45, 2.75) is 58.0 Å². The van der Waals surface area contributed by atoms with E-state index < -0.39 is 0 Å². The molecule has 2 atom stereocenters. The molecule has 3 rings (SSSR count). The molecule has 0 bridgehead atoms. The van der Waals surface area contributed by atoms with E-state index in [2.05, 4.69) is 36.6 Å². The summed E-state index contributed by atoms with van der Waals surface area (Å²) < 4.78 is 2.33. The van der Waals surface area contributed by atoms with Gasteiger partial charge in [0.25, 0.3) is 0 Å². The number of para-hydroxylation sites is 2. The summed E-state index contributed by atoms with van der Waals surface area (Å²) in [4.78, 5) is 19.3. The molecule has 26 heavy (non-hydrogen) atoms. The highest BCUT2D eigenvalue weighted by atomic mass is 35.5. The topological polar surface area (TPSA) is 64.2 Å². The van der Waals surface area contributed by atoms with Crippen LogP contribution in [0.4, 0.5) is 0 Å². The van der Waals surface area contributed by atoms with Crippen LogP contribution in [0.2, 0.25) is 0 Å². The van der Waals surface area contributed by atoms with Gasteiger partial charge in [-0.05, 0) is 45.7 Å². The highest BCUT2D eigenvalue weighted by Crippen LogP contribution is 2.31. The van der Waals surface area contributed by atoms with Gasteiger partial charge in [-0.25, -0.2) is 4.98 Å². The third-order valence-corrected chi connectivity index (χ3v) is 4.78. The molecule has 2 unspecified atom stereocenters. The fraction of sp³-hybridized carbons (Fsp3) is 0.579. The monoisotopic (exact) mass is 400 g/mol. The Morgan fingerprint density at radius 3 is 2.62 bits per heavy atom. The lowest BCUT2D eigenvalue weighted by Gasteiger charge is -2.33. The Labute approximate surface area is 168 Å². The first-order valence-electron chi connectivity index (χ1n) is 8.97. The maximum atomic E-state index is 12.4. The molecule has 1 saturated heterocycles. The fourth-order valence-electron chi connectivity index (χ4n) is 3.71. The number of nitrogens with zero attached hydrogens (tertiary/aromatic N) is 3. The van der Waals surface area contributed by atoms with Gasteiger partial charge < -0.3 is 15.2 Å². The zero-order chi connectivity index (χ0) is 17.3. The molecule has 2 heterocycles. The molecule has 2 N–H and O–H groups in total. The van der Waals surface area contributed by atoms with Crippen LogP contribution in [0.3, 0.4) is 0 Å². The van der Waals surface area contributed by atoms with Gasteiger partial charge in [-0.1, -0.05) is 12.1 Å². The Bertz CT molecular complexity index is 729. The summed E-state index contributed by atoms with van der Waals surface area (Å²) in [5, 5.41) is 0. The standard InChI is InChI=1S/C19H28N4O.2ClH/c1-13(2)23-17-9-5-4-8-16(17)21-19(23)15-7-6-10-22(12-15)18(24)11-14(3)20;;/h4-5,8-9,13-15H,6-7,10-12,20H2,1-3H3;2*1H. The van der Waals surface area contributed by atoms with E-state index >= 15 is 0 Å². The minimum absolute atomic E-state index is 0. The van der Waals surface area contributed by atoms with E-state index in [1.54, 1.807) is 0 Å². The average molecular weight is 401 g/mol. The summed E-state index contributed by atoms with van der Waals surface area (Å²) in [6.45, 7) is 7.86. The number of rotatable bonds is 4. The number of halogens is 2. The van der Waals surface area contributed by atoms with Gasteiger partial charge in [0.15, 0.2) is 0 Å². The number of nitrogens with two attached hydrogens (primary N) is 1. The van der Waals surface area contributed by atoms with Crippen molar-refractivity contribution in [3.63, 3.8) is 0 Å². The number of piperidine rings is 1. The molecule has 1 aromatic heterocycles. The van der Waals surface area contributed by atoms with E-state index in [0.29, 0.717) is 18.4 Å². The van der Waals surface area contributed by atoms with Gasteiger partial charge >= 0.3 is 0 Å². The molecular weight excluding hydrogens is 371 g/mol. The second kappa shape index (κ2) is 9.58. The molecule has 2 aromatic rings. The normalized spacial score (nSPS) is 18.3. The quantitative estimate of drug-likeness (QED) is 0.845. The number of carbonyl (C=O) groups excluding carboxylic acids is 1. The molecule has 1 amide bonds. The molecule has 1 fully saturated rings. The maximum Gasteiger partial charge on any atom is 0.224 e. The van der Waals surface area contributed by atoms with Crippen LogP contribution in [0.25, 0.3) is 11.0 Å². The van der Waals surface area contributed by atoms with Crippen molar-refractivity contribution in [3.8, 4) is 0 Å². The number of aromatic nitrogens is 2. The first-order valence-corrected chi connectivity index (χ1v) is 8.97. The summed E-state index contributed by atoms with van der Waals surface area (Å²) in [6.07, 6.45) is 2.53. The first-order chi connectivity index (χ1) is 11.5. The van der Waals surface area contributed by atoms with Crippen molar-refractivity contribution < 1.29 is 4.79 Å². The van der Waals surface area contributed by atoms with Crippen LogP contribution in [0, 0.1) is 0 Å². The second-order valence-corrected chi connectivity index (χ2v) is 7.28. The van der Waals surface area contributed by atoms with Gasteiger partial charge in [0.2, 0.25) is 5.91 Å².